The van der Waals surface area contributed by atoms with E-state index in [4.69, 9.17) is 18.9 Å². The number of aliphatic hydroxyl groups is 3. The third kappa shape index (κ3) is 5.79. The minimum absolute atomic E-state index is 0.0602. The van der Waals surface area contributed by atoms with Crippen molar-refractivity contribution in [1.82, 2.24) is 0 Å². The van der Waals surface area contributed by atoms with Crippen LogP contribution in [-0.4, -0.2) is 105 Å². The molecule has 2 heterocycles. The molecule has 0 aromatic heterocycles. The maximum atomic E-state index is 13.0. The quantitative estimate of drug-likeness (QED) is 0.124. The number of carboxylic acid groups (broad SMARTS) is 1. The molecular weight excluding hydrogens is 608 g/mol. The molecule has 11 N–H and O–H groups in total. The van der Waals surface area contributed by atoms with Gasteiger partial charge in [0.2, 0.25) is 12.0 Å². The highest BCUT2D eigenvalue weighted by atomic mass is 16.7. The molecule has 1 fully saturated rings. The van der Waals surface area contributed by atoms with Crippen LogP contribution in [0.15, 0.2) is 36.4 Å². The van der Waals surface area contributed by atoms with E-state index in [1.807, 2.05) is 0 Å². The number of carbonyl (C=O) groups excluding carboxylic acids is 1. The lowest BCUT2D eigenvalue weighted by Crippen LogP contribution is -2.61. The van der Waals surface area contributed by atoms with Crippen molar-refractivity contribution >= 4 is 11.9 Å². The Morgan fingerprint density at radius 3 is 1.98 bits per heavy atom. The minimum atomic E-state index is -2.04. The zero-order valence-corrected chi connectivity index (χ0v) is 22.6. The van der Waals surface area contributed by atoms with Gasteiger partial charge in [0.15, 0.2) is 41.0 Å². The Hall–Kier alpha value is -5.36. The molecule has 0 saturated carbocycles. The summed E-state index contributed by atoms with van der Waals surface area (Å²) in [5.74, 6) is -8.65. The fourth-order valence-electron chi connectivity index (χ4n) is 4.93. The van der Waals surface area contributed by atoms with E-state index in [1.54, 1.807) is 0 Å². The summed E-state index contributed by atoms with van der Waals surface area (Å²) >= 11 is 0. The van der Waals surface area contributed by atoms with Gasteiger partial charge in [0.1, 0.15) is 41.7 Å². The maximum absolute atomic E-state index is 13.0. The minimum Gasteiger partial charge on any atom is -0.508 e. The van der Waals surface area contributed by atoms with Crippen molar-refractivity contribution in [3.63, 3.8) is 0 Å². The number of esters is 1. The summed E-state index contributed by atoms with van der Waals surface area (Å²) in [4.78, 5) is 24.4. The first kappa shape index (κ1) is 31.1. The van der Waals surface area contributed by atoms with E-state index in [-0.39, 0.29) is 29.0 Å². The van der Waals surface area contributed by atoms with Gasteiger partial charge in [0.25, 0.3) is 0 Å². The molecule has 1 saturated heterocycles. The normalized spacial score (nSPS) is 25.9. The van der Waals surface area contributed by atoms with Crippen molar-refractivity contribution in [1.29, 1.82) is 0 Å². The van der Waals surface area contributed by atoms with Gasteiger partial charge >= 0.3 is 11.9 Å². The molecule has 0 unspecified atom stereocenters. The number of hydrogen-bond acceptors (Lipinski definition) is 16. The summed E-state index contributed by atoms with van der Waals surface area (Å²) in [5, 5.41) is 110. The molecule has 3 aromatic carbocycles. The second-order valence-electron chi connectivity index (χ2n) is 10.2. The molecule has 0 radical (unpaired) electrons. The Bertz CT molecular complexity index is 1610. The lowest BCUT2D eigenvalue weighted by Gasteiger charge is -2.38. The highest BCUT2D eigenvalue weighted by Crippen LogP contribution is 2.47. The summed E-state index contributed by atoms with van der Waals surface area (Å²) < 4.78 is 21.7. The first-order chi connectivity index (χ1) is 21.2. The molecule has 7 atom stereocenters. The van der Waals surface area contributed by atoms with Crippen LogP contribution >= 0.6 is 0 Å². The lowest BCUT2D eigenvalue weighted by molar-refractivity contribution is -0.271. The molecular formula is C28H26O17. The number of aliphatic carboxylic acids is 1. The zero-order valence-electron chi connectivity index (χ0n) is 22.6. The number of phenols is 7. The van der Waals surface area contributed by atoms with Crippen LogP contribution in [0.1, 0.15) is 27.6 Å². The van der Waals surface area contributed by atoms with E-state index >= 15 is 0 Å². The second-order valence-corrected chi connectivity index (χ2v) is 10.2. The lowest BCUT2D eigenvalue weighted by atomic mass is 9.93. The van der Waals surface area contributed by atoms with Crippen LogP contribution in [0.25, 0.3) is 0 Å². The molecule has 2 aliphatic rings. The predicted octanol–water partition coefficient (Wildman–Crippen LogP) is -0.201. The smallest absolute Gasteiger partial charge is 0.338 e. The summed E-state index contributed by atoms with van der Waals surface area (Å²) in [6.45, 7) is 0. The Kier molecular flexibility index (Phi) is 8.02. The first-order valence-electron chi connectivity index (χ1n) is 13.0. The van der Waals surface area contributed by atoms with Gasteiger partial charge in [0, 0.05) is 29.7 Å². The molecule has 0 amide bonds. The van der Waals surface area contributed by atoms with Gasteiger partial charge in [-0.25, -0.2) is 9.59 Å². The van der Waals surface area contributed by atoms with Crippen molar-refractivity contribution in [2.24, 2.45) is 0 Å². The summed E-state index contributed by atoms with van der Waals surface area (Å²) in [6, 6.07) is 5.73. The molecule has 240 valence electrons. The van der Waals surface area contributed by atoms with E-state index in [0.29, 0.717) is 0 Å². The topological polar surface area (TPSA) is 294 Å². The van der Waals surface area contributed by atoms with Crippen LogP contribution < -0.4 is 9.47 Å². The van der Waals surface area contributed by atoms with Crippen LogP contribution in [0.4, 0.5) is 0 Å². The van der Waals surface area contributed by atoms with Crippen LogP contribution in [-0.2, 0) is 20.7 Å². The first-order valence-corrected chi connectivity index (χ1v) is 13.0. The van der Waals surface area contributed by atoms with Gasteiger partial charge < -0.3 is 75.1 Å². The van der Waals surface area contributed by atoms with Crippen molar-refractivity contribution in [2.45, 2.75) is 49.3 Å². The SMILES string of the molecule is O=C(O[C@@H]1Cc2c(O)cc(O)cc2O[C@@H]1c1cc(O)c(O[C@@H]2O[C@H](C(=O)O)[C@@H](O)[C@H](O)[C@H]2O)c(O)c1)c1cc(O)c(O)c(O)c1. The predicted molar refractivity (Wildman–Crippen MR) is 142 cm³/mol. The van der Waals surface area contributed by atoms with Gasteiger partial charge in [-0.15, -0.1) is 0 Å². The summed E-state index contributed by atoms with van der Waals surface area (Å²) in [6.07, 6.45) is -13.1. The van der Waals surface area contributed by atoms with E-state index in [1.165, 1.54) is 0 Å². The molecule has 17 heteroatoms. The van der Waals surface area contributed by atoms with Gasteiger partial charge in [-0.2, -0.15) is 0 Å². The molecule has 2 aliphatic heterocycles. The van der Waals surface area contributed by atoms with Crippen molar-refractivity contribution in [3.05, 3.63) is 53.1 Å². The third-order valence-corrected chi connectivity index (χ3v) is 7.18. The van der Waals surface area contributed by atoms with Crippen LogP contribution in [0.3, 0.4) is 0 Å². The number of rotatable bonds is 6. The zero-order chi connectivity index (χ0) is 32.9. The number of ether oxygens (including phenoxy) is 4. The number of benzene rings is 3. The van der Waals surface area contributed by atoms with Crippen LogP contribution in [0, 0.1) is 0 Å². The average Bonchev–Trinajstić information content (AvgIpc) is 2.96. The van der Waals surface area contributed by atoms with E-state index < -0.39 is 101 Å². The van der Waals surface area contributed by atoms with Crippen LogP contribution in [0.2, 0.25) is 0 Å². The average molecular weight is 634 g/mol. The molecule has 0 bridgehead atoms. The fraction of sp³-hybridized carbons (Fsp3) is 0.286. The van der Waals surface area contributed by atoms with E-state index in [9.17, 15) is 65.8 Å². The number of carbonyl (C=O) groups is 2. The number of hydrogen-bond donors (Lipinski definition) is 11. The molecule has 17 nitrogen and oxygen atoms in total. The highest BCUT2D eigenvalue weighted by Gasteiger charge is 2.48. The standard InChI is InChI=1S/C28H26O17/c29-10-5-12(30)11-7-18(43-27(41)9-3-13(31)19(35)14(32)4-9)23(42-17(11)6-10)8-1-15(33)24(16(34)2-8)44-28-22(38)20(36)21(37)25(45-28)26(39)40/h1-6,18,20-23,25,28-38H,7H2,(H,39,40)/t18-,20+,21+,22-,23-,25+,28-/m1/s1. The molecule has 0 spiro atoms. The Morgan fingerprint density at radius 2 is 1.38 bits per heavy atom. The summed E-state index contributed by atoms with van der Waals surface area (Å²) in [5.41, 5.74) is -0.373. The Morgan fingerprint density at radius 1 is 0.756 bits per heavy atom. The number of aromatic hydroxyl groups is 7. The Labute approximate surface area is 251 Å². The van der Waals surface area contributed by atoms with Crippen molar-refractivity contribution in [2.75, 3.05) is 0 Å². The fourth-order valence-corrected chi connectivity index (χ4v) is 4.93. The third-order valence-electron chi connectivity index (χ3n) is 7.18. The number of carboxylic acids is 1. The van der Waals surface area contributed by atoms with Crippen molar-refractivity contribution < 1.29 is 84.7 Å². The van der Waals surface area contributed by atoms with E-state index in [2.05, 4.69) is 0 Å². The number of phenolic OH excluding ortho intramolecular Hbond substituents is 7. The monoisotopic (exact) mass is 634 g/mol. The Balaban J connectivity index is 1.48. The number of fused-ring (bicyclic) bond motifs is 1. The molecule has 3 aromatic rings. The molecule has 5 rings (SSSR count). The number of aliphatic hydroxyl groups excluding tert-OH is 3. The second kappa shape index (κ2) is 11.6. The molecule has 0 aliphatic carbocycles. The van der Waals surface area contributed by atoms with Crippen molar-refractivity contribution in [3.8, 4) is 51.7 Å². The summed E-state index contributed by atoms with van der Waals surface area (Å²) in [7, 11) is 0. The van der Waals surface area contributed by atoms with Crippen LogP contribution in [0.5, 0.6) is 51.7 Å². The van der Waals surface area contributed by atoms with Gasteiger partial charge in [-0.05, 0) is 24.3 Å². The maximum Gasteiger partial charge on any atom is 0.338 e. The van der Waals surface area contributed by atoms with Gasteiger partial charge in [-0.3, -0.25) is 0 Å². The van der Waals surface area contributed by atoms with E-state index in [0.717, 1.165) is 36.4 Å². The molecule has 45 heavy (non-hydrogen) atoms. The van der Waals surface area contributed by atoms with Gasteiger partial charge in [0.05, 0.1) is 5.56 Å². The van der Waals surface area contributed by atoms with Gasteiger partial charge in [-0.1, -0.05) is 0 Å². The highest BCUT2D eigenvalue weighted by molar-refractivity contribution is 5.91. The largest absolute Gasteiger partial charge is 0.508 e.